The highest BCUT2D eigenvalue weighted by molar-refractivity contribution is 5.95. The molecule has 1 aromatic rings. The van der Waals surface area contributed by atoms with Crippen molar-refractivity contribution in [2.45, 2.75) is 51.7 Å². The molecule has 0 spiro atoms. The van der Waals surface area contributed by atoms with E-state index in [1.54, 1.807) is 20.8 Å². The van der Waals surface area contributed by atoms with Gasteiger partial charge in [0.05, 0.1) is 11.0 Å². The van der Waals surface area contributed by atoms with Gasteiger partial charge in [0.15, 0.2) is 5.69 Å². The summed E-state index contributed by atoms with van der Waals surface area (Å²) in [6.45, 7) is 6.17. The van der Waals surface area contributed by atoms with Crippen LogP contribution in [0.5, 0.6) is 5.75 Å². The van der Waals surface area contributed by atoms with Crippen molar-refractivity contribution in [3.8, 4) is 5.75 Å². The van der Waals surface area contributed by atoms with Gasteiger partial charge < -0.3 is 25.8 Å². The second kappa shape index (κ2) is 8.77. The van der Waals surface area contributed by atoms with E-state index in [-0.39, 0.29) is 28.7 Å². The van der Waals surface area contributed by atoms with Crippen molar-refractivity contribution >= 4 is 23.4 Å². The molecule has 4 N–H and O–H groups in total. The highest BCUT2D eigenvalue weighted by atomic mass is 16.6. The zero-order chi connectivity index (χ0) is 20.9. The fraction of sp³-hybridized carbons (Fsp3) is 0.556. The average Bonchev–Trinajstić information content (AvgIpc) is 2.58. The van der Waals surface area contributed by atoms with Crippen LogP contribution in [-0.2, 0) is 4.74 Å². The van der Waals surface area contributed by atoms with Crippen LogP contribution in [0, 0.1) is 10.1 Å². The first-order valence-corrected chi connectivity index (χ1v) is 9.05. The molecule has 0 aromatic heterocycles. The summed E-state index contributed by atoms with van der Waals surface area (Å²) in [6.07, 6.45) is 1.75. The number of nitro benzene ring substituents is 1. The fourth-order valence-corrected chi connectivity index (χ4v) is 2.76. The number of nitrogens with two attached hydrogens (primary N) is 1. The molecule has 1 heterocycles. The average molecular weight is 394 g/mol. The minimum absolute atomic E-state index is 0.0268. The van der Waals surface area contributed by atoms with Crippen molar-refractivity contribution in [2.75, 3.05) is 18.5 Å². The van der Waals surface area contributed by atoms with E-state index in [0.29, 0.717) is 19.6 Å². The molecule has 0 bridgehead atoms. The van der Waals surface area contributed by atoms with Crippen LogP contribution < -0.4 is 21.1 Å². The molecule has 0 saturated carbocycles. The fourth-order valence-electron chi connectivity index (χ4n) is 2.76. The maximum atomic E-state index is 11.6. The van der Waals surface area contributed by atoms with Crippen molar-refractivity contribution in [3.63, 3.8) is 0 Å². The molecule has 10 nitrogen and oxygen atoms in total. The number of amides is 2. The lowest BCUT2D eigenvalue weighted by Gasteiger charge is -2.27. The molecule has 154 valence electrons. The maximum Gasteiger partial charge on any atom is 0.407 e. The van der Waals surface area contributed by atoms with Gasteiger partial charge in [0.1, 0.15) is 18.0 Å². The van der Waals surface area contributed by atoms with E-state index in [0.717, 1.165) is 18.9 Å². The number of fused-ring (bicyclic) bond motifs is 1. The van der Waals surface area contributed by atoms with Crippen LogP contribution in [0.25, 0.3) is 0 Å². The van der Waals surface area contributed by atoms with E-state index < -0.39 is 22.5 Å². The minimum Gasteiger partial charge on any atom is -0.489 e. The van der Waals surface area contributed by atoms with E-state index in [9.17, 15) is 19.7 Å². The number of nitrogens with zero attached hydrogens (tertiary/aromatic N) is 1. The summed E-state index contributed by atoms with van der Waals surface area (Å²) in [5, 5.41) is 17.1. The monoisotopic (exact) mass is 394 g/mol. The van der Waals surface area contributed by atoms with Crippen LogP contribution in [0.15, 0.2) is 12.1 Å². The zero-order valence-corrected chi connectivity index (χ0v) is 16.2. The third-order valence-electron chi connectivity index (χ3n) is 4.00. The van der Waals surface area contributed by atoms with E-state index in [1.165, 1.54) is 6.07 Å². The number of rotatable bonds is 7. The Hall–Kier alpha value is -3.04. The summed E-state index contributed by atoms with van der Waals surface area (Å²) in [6, 6.07) is 2.43. The molecule has 1 aliphatic heterocycles. The predicted molar refractivity (Wildman–Crippen MR) is 103 cm³/mol. The summed E-state index contributed by atoms with van der Waals surface area (Å²) in [5.41, 5.74) is 4.71. The second-order valence-electron chi connectivity index (χ2n) is 7.57. The molecule has 0 fully saturated rings. The number of nitro groups is 1. The first kappa shape index (κ1) is 21.3. The van der Waals surface area contributed by atoms with E-state index in [2.05, 4.69) is 10.6 Å². The minimum atomic E-state index is -0.755. The Bertz CT molecular complexity index is 759. The number of primary amides is 1. The van der Waals surface area contributed by atoms with Crippen molar-refractivity contribution in [2.24, 2.45) is 5.73 Å². The van der Waals surface area contributed by atoms with Crippen LogP contribution in [0.2, 0.25) is 0 Å². The van der Waals surface area contributed by atoms with Gasteiger partial charge in [0, 0.05) is 18.2 Å². The number of hydrogen-bond acceptors (Lipinski definition) is 7. The lowest BCUT2D eigenvalue weighted by molar-refractivity contribution is -0.384. The number of ether oxygens (including phenoxy) is 2. The number of alkyl carbamates (subject to hydrolysis) is 1. The topological polar surface area (TPSA) is 146 Å². The van der Waals surface area contributed by atoms with Gasteiger partial charge in [0.25, 0.3) is 5.69 Å². The zero-order valence-electron chi connectivity index (χ0n) is 16.2. The standard InChI is InChI=1S/C18H26N4O6/c1-18(2,3)28-17(24)20-7-5-4-6-12-10-27-14-9-11(16(19)23)8-13(22(25)26)15(14)21-12/h8-9,12,21H,4-7,10H2,1-3H3,(H2,19,23)(H,20,24)/t12-/m1/s1. The summed E-state index contributed by atoms with van der Waals surface area (Å²) in [7, 11) is 0. The molecule has 1 aromatic carbocycles. The second-order valence-corrected chi connectivity index (χ2v) is 7.57. The first-order valence-electron chi connectivity index (χ1n) is 9.05. The van der Waals surface area contributed by atoms with E-state index in [4.69, 9.17) is 15.2 Å². The van der Waals surface area contributed by atoms with E-state index in [1.807, 2.05) is 0 Å². The molecule has 0 saturated heterocycles. The smallest absolute Gasteiger partial charge is 0.407 e. The van der Waals surface area contributed by atoms with Crippen molar-refractivity contribution in [1.29, 1.82) is 0 Å². The largest absolute Gasteiger partial charge is 0.489 e. The maximum absolute atomic E-state index is 11.6. The third-order valence-corrected chi connectivity index (χ3v) is 4.00. The Balaban J connectivity index is 1.86. The molecule has 2 rings (SSSR count). The summed E-state index contributed by atoms with van der Waals surface area (Å²) in [5.74, 6) is -0.514. The highest BCUT2D eigenvalue weighted by Gasteiger charge is 2.28. The Morgan fingerprint density at radius 3 is 2.71 bits per heavy atom. The lowest BCUT2D eigenvalue weighted by atomic mass is 10.1. The van der Waals surface area contributed by atoms with Crippen LogP contribution in [0.4, 0.5) is 16.2 Å². The molecule has 28 heavy (non-hydrogen) atoms. The predicted octanol–water partition coefficient (Wildman–Crippen LogP) is 2.56. The van der Waals surface area contributed by atoms with Crippen LogP contribution in [-0.4, -0.2) is 41.7 Å². The molecule has 0 unspecified atom stereocenters. The molecular weight excluding hydrogens is 368 g/mol. The SMILES string of the molecule is CC(C)(C)OC(=O)NCCCC[C@@H]1COc2cc(C(N)=O)cc([N+](=O)[O-])c2N1. The van der Waals surface area contributed by atoms with Gasteiger partial charge in [0.2, 0.25) is 5.91 Å². The highest BCUT2D eigenvalue weighted by Crippen LogP contribution is 2.39. The molecule has 10 heteroatoms. The van der Waals surface area contributed by atoms with Gasteiger partial charge in [-0.2, -0.15) is 0 Å². The molecule has 0 radical (unpaired) electrons. The summed E-state index contributed by atoms with van der Waals surface area (Å²) < 4.78 is 10.8. The van der Waals surface area contributed by atoms with Gasteiger partial charge >= 0.3 is 6.09 Å². The number of hydrogen-bond donors (Lipinski definition) is 3. The molecule has 1 atom stereocenters. The Labute approximate surface area is 162 Å². The summed E-state index contributed by atoms with van der Waals surface area (Å²) >= 11 is 0. The van der Waals surface area contributed by atoms with Crippen LogP contribution in [0.3, 0.4) is 0 Å². The first-order chi connectivity index (χ1) is 13.1. The molecule has 1 aliphatic rings. The van der Waals surface area contributed by atoms with E-state index >= 15 is 0 Å². The van der Waals surface area contributed by atoms with Crippen molar-refractivity contribution < 1.29 is 24.0 Å². The molecule has 2 amide bonds. The number of benzene rings is 1. The number of anilines is 1. The summed E-state index contributed by atoms with van der Waals surface area (Å²) in [4.78, 5) is 33.7. The Kier molecular flexibility index (Phi) is 6.66. The van der Waals surface area contributed by atoms with Crippen molar-refractivity contribution in [1.82, 2.24) is 5.32 Å². The number of unbranched alkanes of at least 4 members (excludes halogenated alkanes) is 1. The Morgan fingerprint density at radius 1 is 1.39 bits per heavy atom. The van der Waals surface area contributed by atoms with Gasteiger partial charge in [-0.05, 0) is 46.1 Å². The van der Waals surface area contributed by atoms with Gasteiger partial charge in [-0.3, -0.25) is 14.9 Å². The number of carbonyl (C=O) groups is 2. The van der Waals surface area contributed by atoms with Crippen LogP contribution in [0.1, 0.15) is 50.4 Å². The van der Waals surface area contributed by atoms with Crippen LogP contribution >= 0.6 is 0 Å². The van der Waals surface area contributed by atoms with Crippen molar-refractivity contribution in [3.05, 3.63) is 27.8 Å². The molecular formula is C18H26N4O6. The number of nitrogens with one attached hydrogen (secondary N) is 2. The lowest BCUT2D eigenvalue weighted by Crippen LogP contribution is -2.34. The quantitative estimate of drug-likeness (QED) is 0.366. The normalized spacial score (nSPS) is 15.6. The Morgan fingerprint density at radius 2 is 2.11 bits per heavy atom. The third kappa shape index (κ3) is 6.00. The number of carbonyl (C=O) groups excluding carboxylic acids is 2. The molecule has 0 aliphatic carbocycles. The van der Waals surface area contributed by atoms with Gasteiger partial charge in [-0.15, -0.1) is 0 Å². The van der Waals surface area contributed by atoms with Gasteiger partial charge in [-0.1, -0.05) is 0 Å². The van der Waals surface area contributed by atoms with Gasteiger partial charge in [-0.25, -0.2) is 4.79 Å².